The Balaban J connectivity index is 0.000000152. The van der Waals surface area contributed by atoms with Gasteiger partial charge in [0, 0.05) is 133 Å². The number of allylic oxidation sites excluding steroid dienone is 4. The molecule has 0 spiro atoms. The number of carbonyl (C=O) groups excluding carboxylic acids is 5. The number of amides is 5. The number of halogens is 7. The number of fused-ring (bicyclic) bond motifs is 5. The average Bonchev–Trinajstić information content (AvgIpc) is 1.58. The molecule has 638 valence electrons. The summed E-state index contributed by atoms with van der Waals surface area (Å²) in [4.78, 5) is 98.4. The van der Waals surface area contributed by atoms with Crippen molar-refractivity contribution in [1.29, 1.82) is 0 Å². The number of aromatic nitrogens is 6. The molecule has 4 aliphatic rings. The Morgan fingerprint density at radius 3 is 1.16 bits per heavy atom. The Morgan fingerprint density at radius 1 is 0.427 bits per heavy atom. The SMILES string of the molecule is C.C=C1C=Cc2cc(C(=O)N(C)C)[nH]c2N1c1ccc(OC(C)C)cc1.C=C1C=Cc2cc(C(=O)N(C)c3ccccc3)[nH]c2N1c1ccc(OC(F)(F)F)cc1.C=C1C=Cc2cc(C(=O)NC)[nH]c2N1c1ccc(F)cc1.C=C1C=Cc2cc(C(=O)NC)[nH]c2N1c1ccc(OC(F)(F)F)cc1.CNC(=O)c1cc2ccc(=O)n(-c3cccc(O)c3)c2[nH]1. The lowest BCUT2D eigenvalue weighted by atomic mass is 10.1. The molecule has 4 aliphatic heterocycles. The van der Waals surface area contributed by atoms with Crippen LogP contribution in [0, 0.1) is 5.82 Å². The lowest BCUT2D eigenvalue weighted by Crippen LogP contribution is -2.26. The highest BCUT2D eigenvalue weighted by Gasteiger charge is 2.34. The van der Waals surface area contributed by atoms with Gasteiger partial charge in [0.05, 0.1) is 11.8 Å². The maximum Gasteiger partial charge on any atom is 0.573 e. The number of phenolic OH excluding ortho intramolecular Hbond substituents is 1. The van der Waals surface area contributed by atoms with E-state index in [2.05, 4.69) is 76.7 Å². The van der Waals surface area contributed by atoms with E-state index in [0.717, 1.165) is 73.5 Å². The summed E-state index contributed by atoms with van der Waals surface area (Å²) in [5, 5.41) is 17.9. The molecule has 16 rings (SSSR count). The first-order chi connectivity index (χ1) is 58.6. The largest absolute Gasteiger partial charge is 0.573 e. The van der Waals surface area contributed by atoms with Crippen molar-refractivity contribution >= 4 is 117 Å². The molecule has 9 N–H and O–H groups in total. The van der Waals surface area contributed by atoms with Crippen molar-refractivity contribution in [2.24, 2.45) is 0 Å². The van der Waals surface area contributed by atoms with Crippen LogP contribution in [0.25, 0.3) is 41.0 Å². The van der Waals surface area contributed by atoms with Gasteiger partial charge in [-0.1, -0.05) is 58.0 Å². The molecule has 0 radical (unpaired) electrons. The molecule has 0 unspecified atom stereocenters. The molecule has 6 aromatic heterocycles. The van der Waals surface area contributed by atoms with Gasteiger partial charge >= 0.3 is 12.7 Å². The Morgan fingerprint density at radius 2 is 0.790 bits per heavy atom. The van der Waals surface area contributed by atoms with Crippen LogP contribution in [0.1, 0.15) is 96.0 Å². The second-order valence-corrected chi connectivity index (χ2v) is 28.0. The molecule has 0 saturated heterocycles. The standard InChI is InChI=1S/C23H18F3N3O2.C20H23N3O2.C17H14F3N3O2.C16H14FN3O.C15H13N3O3.CH4/c1-15-8-9-16-14-20(22(30)28(2)17-6-4-3-5-7-17)27-21(16)29(15)18-10-12-19(13-11-18)31-23(24,25)26;1-13(2)25-17-10-8-16(9-11-17)23-14(3)6-7-15-12-18(21-19(15)23)20(24)22(4)5;1-10-3-4-11-9-14(16(24)21-2)22-15(11)23(10)12-5-7-13(8-6-12)25-17(18,19)20;1-10-3-4-11-9-14(16(21)18-2)19-15(11)20(10)13-7-5-12(17)6-8-13;1-16-15(21)12-7-9-5-6-13(20)18(14(9)17-12)10-3-2-4-11(19)8-10;/h3-14,27H,1H2,2H3;6-13,21H,3H2,1-2,4-5H3;3-9,22H,1H2,2H3,(H,21,24);3-9,19H,1H2,2H3,(H,18,21);2-8,17,19H,1H3,(H,16,21);1H4. The monoisotopic (exact) mass is 1690 g/mol. The maximum atomic E-state index is 13.1. The number of alkyl halides is 6. The van der Waals surface area contributed by atoms with E-state index in [-0.39, 0.29) is 71.7 Å². The van der Waals surface area contributed by atoms with Crippen molar-refractivity contribution < 1.29 is 74.0 Å². The van der Waals surface area contributed by atoms with Gasteiger partial charge in [-0.3, -0.25) is 52.9 Å². The molecule has 0 saturated carbocycles. The predicted octanol–water partition coefficient (Wildman–Crippen LogP) is 19.2. The summed E-state index contributed by atoms with van der Waals surface area (Å²) in [6.07, 6.45) is 5.44. The third-order valence-corrected chi connectivity index (χ3v) is 18.9. The zero-order chi connectivity index (χ0) is 88.5. The van der Waals surface area contributed by atoms with Gasteiger partial charge in [-0.05, 0) is 220 Å². The lowest BCUT2D eigenvalue weighted by molar-refractivity contribution is -0.275. The van der Waals surface area contributed by atoms with Crippen molar-refractivity contribution in [1.82, 2.24) is 50.3 Å². The number of hydrogen-bond acceptors (Lipinski definition) is 14. The summed E-state index contributed by atoms with van der Waals surface area (Å²) in [6.45, 7) is 20.1. The van der Waals surface area contributed by atoms with E-state index >= 15 is 0 Å². The van der Waals surface area contributed by atoms with Crippen LogP contribution in [0.2, 0.25) is 0 Å². The van der Waals surface area contributed by atoms with E-state index in [1.165, 1.54) is 102 Å². The van der Waals surface area contributed by atoms with E-state index in [4.69, 9.17) is 4.74 Å². The number of nitrogens with zero attached hydrogens (tertiary/aromatic N) is 7. The minimum atomic E-state index is -4.76. The van der Waals surface area contributed by atoms with Crippen LogP contribution in [0.3, 0.4) is 0 Å². The highest BCUT2D eigenvalue weighted by atomic mass is 19.4. The predicted molar refractivity (Wildman–Crippen MR) is 469 cm³/mol. The summed E-state index contributed by atoms with van der Waals surface area (Å²) >= 11 is 0. The molecular weight excluding hydrogens is 1610 g/mol. The molecule has 32 heteroatoms. The molecule has 0 bridgehead atoms. The molecule has 0 aliphatic carbocycles. The van der Waals surface area contributed by atoms with Gasteiger partial charge in [-0.15, -0.1) is 26.3 Å². The number of H-pyrrole nitrogens is 5. The topological polar surface area (TPSA) is 290 Å². The fourth-order valence-corrected chi connectivity index (χ4v) is 13.2. The van der Waals surface area contributed by atoms with Gasteiger partial charge in [-0.2, -0.15) is 0 Å². The van der Waals surface area contributed by atoms with E-state index in [1.807, 2.05) is 115 Å². The van der Waals surface area contributed by atoms with Gasteiger partial charge in [-0.25, -0.2) is 4.39 Å². The Hall–Kier alpha value is -15.9. The van der Waals surface area contributed by atoms with Gasteiger partial charge in [0.2, 0.25) is 0 Å². The van der Waals surface area contributed by atoms with Crippen LogP contribution in [0.15, 0.2) is 272 Å². The fourth-order valence-electron chi connectivity index (χ4n) is 13.2. The molecule has 10 heterocycles. The second kappa shape index (κ2) is 37.6. The van der Waals surface area contributed by atoms with Crippen LogP contribution in [-0.4, -0.2) is 130 Å². The van der Waals surface area contributed by atoms with Gasteiger partial charge in [0.1, 0.15) is 86.2 Å². The van der Waals surface area contributed by atoms with Gasteiger partial charge in [0.15, 0.2) is 0 Å². The van der Waals surface area contributed by atoms with Crippen LogP contribution in [0.4, 0.5) is 82.4 Å². The summed E-state index contributed by atoms with van der Waals surface area (Å²) in [5.74, 6) is 1.73. The van der Waals surface area contributed by atoms with E-state index < -0.39 is 12.7 Å². The van der Waals surface area contributed by atoms with Crippen molar-refractivity contribution in [2.75, 3.05) is 66.8 Å². The number of hydrogen-bond donors (Lipinski definition) is 9. The van der Waals surface area contributed by atoms with E-state index in [9.17, 15) is 64.6 Å². The summed E-state index contributed by atoms with van der Waals surface area (Å²) in [6, 6.07) is 52.2. The number of rotatable bonds is 15. The number of aromatic amines is 5. The van der Waals surface area contributed by atoms with E-state index in [0.29, 0.717) is 74.2 Å². The first kappa shape index (κ1) is 88.9. The normalized spacial score (nSPS) is 12.7. The molecule has 0 atom stereocenters. The van der Waals surface area contributed by atoms with Crippen LogP contribution < -0.4 is 60.2 Å². The molecule has 12 aromatic rings. The molecule has 124 heavy (non-hydrogen) atoms. The molecular formula is C92H86F7N15O10. The number of phenols is 1. The Labute approximate surface area is 707 Å². The summed E-state index contributed by atoms with van der Waals surface area (Å²) in [5.41, 5.74) is 12.7. The number of aromatic hydroxyl groups is 1. The van der Waals surface area contributed by atoms with Crippen molar-refractivity contribution in [2.45, 2.75) is 40.1 Å². The quantitative estimate of drug-likeness (QED) is 0.0432. The molecule has 5 amide bonds. The van der Waals surface area contributed by atoms with Crippen LogP contribution in [-0.2, 0) is 0 Å². The zero-order valence-corrected chi connectivity index (χ0v) is 67.4. The Kier molecular flexibility index (Phi) is 27.0. The van der Waals surface area contributed by atoms with Crippen molar-refractivity contribution in [3.63, 3.8) is 0 Å². The van der Waals surface area contributed by atoms with Crippen LogP contribution >= 0.6 is 0 Å². The van der Waals surface area contributed by atoms with Crippen molar-refractivity contribution in [3.05, 3.63) is 334 Å². The number of pyridine rings is 1. The third kappa shape index (κ3) is 20.5. The number of nitrogens with one attached hydrogen (secondary N) is 8. The minimum absolute atomic E-state index is 0. The second-order valence-electron chi connectivity index (χ2n) is 28.0. The molecule has 25 nitrogen and oxygen atoms in total. The zero-order valence-electron chi connectivity index (χ0n) is 67.4. The first-order valence-corrected chi connectivity index (χ1v) is 37.7. The number of ether oxygens (including phenoxy) is 3. The highest BCUT2D eigenvalue weighted by molar-refractivity contribution is 6.06. The van der Waals surface area contributed by atoms with E-state index in [1.54, 1.807) is 116 Å². The molecule has 6 aromatic carbocycles. The number of carbonyl (C=O) groups is 5. The van der Waals surface area contributed by atoms with Crippen molar-refractivity contribution in [3.8, 4) is 28.7 Å². The Bertz CT molecular complexity index is 6210. The number of anilines is 9. The maximum absolute atomic E-state index is 13.1. The minimum Gasteiger partial charge on any atom is -0.508 e. The number of benzene rings is 6. The molecule has 0 fully saturated rings. The first-order valence-electron chi connectivity index (χ1n) is 37.7. The fraction of sp³-hybridized carbons (Fsp3) is 0.130. The van der Waals surface area contributed by atoms with Gasteiger partial charge < -0.3 is 70.0 Å². The third-order valence-electron chi connectivity index (χ3n) is 18.9. The smallest absolute Gasteiger partial charge is 0.508 e. The summed E-state index contributed by atoms with van der Waals surface area (Å²) < 4.78 is 102. The number of para-hydroxylation sites is 1. The highest BCUT2D eigenvalue weighted by Crippen LogP contribution is 2.43. The lowest BCUT2D eigenvalue weighted by Gasteiger charge is -2.27. The van der Waals surface area contributed by atoms with Gasteiger partial charge in [0.25, 0.3) is 35.1 Å². The average molecular weight is 1690 g/mol. The summed E-state index contributed by atoms with van der Waals surface area (Å²) in [7, 11) is 9.80. The van der Waals surface area contributed by atoms with Crippen LogP contribution in [0.5, 0.6) is 23.0 Å².